The summed E-state index contributed by atoms with van der Waals surface area (Å²) in [7, 11) is 3.33. The molecule has 3 aromatic rings. The van der Waals surface area contributed by atoms with Crippen LogP contribution in [0.4, 0.5) is 15.8 Å². The van der Waals surface area contributed by atoms with E-state index in [0.717, 1.165) is 0 Å². The molecule has 7 nitrogen and oxygen atoms in total. The highest BCUT2D eigenvalue weighted by atomic mass is 19.1. The van der Waals surface area contributed by atoms with Crippen LogP contribution in [0, 0.1) is 12.7 Å². The summed E-state index contributed by atoms with van der Waals surface area (Å²) in [5.74, 6) is -1.36. The summed E-state index contributed by atoms with van der Waals surface area (Å²) in [4.78, 5) is 15.8. The van der Waals surface area contributed by atoms with Crippen LogP contribution in [0.1, 0.15) is 15.9 Å². The topological polar surface area (TPSA) is 100 Å². The third-order valence-electron chi connectivity index (χ3n) is 4.03. The Kier molecular flexibility index (Phi) is 4.57. The summed E-state index contributed by atoms with van der Waals surface area (Å²) in [5.41, 5.74) is 2.44. The molecule has 3 N–H and O–H groups in total. The number of hydrogen-bond acceptors (Lipinski definition) is 6. The van der Waals surface area contributed by atoms with E-state index in [2.05, 4.69) is 20.8 Å². The highest BCUT2D eigenvalue weighted by Crippen LogP contribution is 2.34. The van der Waals surface area contributed by atoms with Gasteiger partial charge >= 0.3 is 5.97 Å². The zero-order chi connectivity index (χ0) is 18.8. The Morgan fingerprint density at radius 2 is 1.92 bits per heavy atom. The van der Waals surface area contributed by atoms with Crippen molar-refractivity contribution in [2.24, 2.45) is 0 Å². The molecule has 2 aromatic carbocycles. The lowest BCUT2D eigenvalue weighted by molar-refractivity contribution is 0.0698. The van der Waals surface area contributed by atoms with Crippen LogP contribution in [0.15, 0.2) is 34.9 Å². The first-order valence-corrected chi connectivity index (χ1v) is 7.82. The standard InChI is InChI=1S/C18H17FN4O3/c1-9-5-4-6-12(19)15(9)17-22-16(23-26-17)10-7-11(18(24)25)14(21-3)8-13(10)20-2/h4-8,20-21H,1-3H3,(H,24,25). The number of hydrogen-bond donors (Lipinski definition) is 3. The van der Waals surface area contributed by atoms with Crippen LogP contribution in [0.25, 0.3) is 22.8 Å². The van der Waals surface area contributed by atoms with E-state index < -0.39 is 11.8 Å². The normalized spacial score (nSPS) is 10.6. The molecule has 0 radical (unpaired) electrons. The molecule has 1 heterocycles. The first kappa shape index (κ1) is 17.4. The van der Waals surface area contributed by atoms with Gasteiger partial charge in [-0.15, -0.1) is 0 Å². The molecule has 0 bridgehead atoms. The number of nitrogens with one attached hydrogen (secondary N) is 2. The molecule has 0 spiro atoms. The van der Waals surface area contributed by atoms with Crippen molar-refractivity contribution in [3.8, 4) is 22.8 Å². The molecule has 3 rings (SSSR count). The van der Waals surface area contributed by atoms with Crippen LogP contribution >= 0.6 is 0 Å². The van der Waals surface area contributed by atoms with E-state index in [1.807, 2.05) is 0 Å². The van der Waals surface area contributed by atoms with Gasteiger partial charge in [-0.2, -0.15) is 4.98 Å². The quantitative estimate of drug-likeness (QED) is 0.642. The molecule has 0 aliphatic heterocycles. The molecule has 0 saturated carbocycles. The number of carbonyl (C=O) groups is 1. The van der Waals surface area contributed by atoms with Crippen LogP contribution in [0.5, 0.6) is 0 Å². The number of aryl methyl sites for hydroxylation is 1. The molecule has 0 aliphatic carbocycles. The lowest BCUT2D eigenvalue weighted by Gasteiger charge is -2.12. The molecular formula is C18H17FN4O3. The molecule has 0 saturated heterocycles. The minimum absolute atomic E-state index is 0.0345. The SMILES string of the molecule is CNc1cc(NC)c(-c2noc(-c3c(C)cccc3F)n2)cc1C(=O)O. The smallest absolute Gasteiger partial charge is 0.337 e. The number of benzene rings is 2. The van der Waals surface area contributed by atoms with Crippen LogP contribution in [0.3, 0.4) is 0 Å². The maximum Gasteiger partial charge on any atom is 0.337 e. The van der Waals surface area contributed by atoms with Crippen molar-refractivity contribution in [2.75, 3.05) is 24.7 Å². The summed E-state index contributed by atoms with van der Waals surface area (Å²) in [6.45, 7) is 1.74. The number of anilines is 2. The molecule has 8 heteroatoms. The Morgan fingerprint density at radius 1 is 1.19 bits per heavy atom. The molecule has 1 aromatic heterocycles. The Balaban J connectivity index is 2.15. The summed E-state index contributed by atoms with van der Waals surface area (Å²) >= 11 is 0. The number of carboxylic acid groups (broad SMARTS) is 1. The van der Waals surface area contributed by atoms with Gasteiger partial charge in [0.25, 0.3) is 5.89 Å². The minimum atomic E-state index is -1.09. The van der Waals surface area contributed by atoms with Crippen LogP contribution in [-0.2, 0) is 0 Å². The predicted molar refractivity (Wildman–Crippen MR) is 95.9 cm³/mol. The molecule has 0 aliphatic rings. The van der Waals surface area contributed by atoms with E-state index in [9.17, 15) is 14.3 Å². The molecular weight excluding hydrogens is 339 g/mol. The third-order valence-corrected chi connectivity index (χ3v) is 4.03. The van der Waals surface area contributed by atoms with Crippen molar-refractivity contribution in [1.82, 2.24) is 10.1 Å². The van der Waals surface area contributed by atoms with E-state index in [1.165, 1.54) is 12.1 Å². The molecule has 134 valence electrons. The Morgan fingerprint density at radius 3 is 2.54 bits per heavy atom. The number of halogens is 1. The average Bonchev–Trinajstić information content (AvgIpc) is 3.09. The Labute approximate surface area is 148 Å². The number of nitrogens with zero attached hydrogens (tertiary/aromatic N) is 2. The monoisotopic (exact) mass is 356 g/mol. The third kappa shape index (κ3) is 2.97. The maximum atomic E-state index is 14.1. The number of carboxylic acids is 1. The summed E-state index contributed by atoms with van der Waals surface area (Å²) in [5, 5.41) is 19.1. The van der Waals surface area contributed by atoms with Crippen molar-refractivity contribution in [3.05, 3.63) is 47.3 Å². The predicted octanol–water partition coefficient (Wildman–Crippen LogP) is 3.63. The Bertz CT molecular complexity index is 964. The number of aromatic carboxylic acids is 1. The second kappa shape index (κ2) is 6.83. The number of aromatic nitrogens is 2. The van der Waals surface area contributed by atoms with Crippen LogP contribution < -0.4 is 10.6 Å². The fourth-order valence-electron chi connectivity index (χ4n) is 2.71. The van der Waals surface area contributed by atoms with Gasteiger partial charge in [-0.3, -0.25) is 0 Å². The van der Waals surface area contributed by atoms with Gasteiger partial charge in [0, 0.05) is 25.3 Å². The fourth-order valence-corrected chi connectivity index (χ4v) is 2.71. The van der Waals surface area contributed by atoms with Gasteiger partial charge in [0.1, 0.15) is 5.82 Å². The van der Waals surface area contributed by atoms with Crippen molar-refractivity contribution in [3.63, 3.8) is 0 Å². The average molecular weight is 356 g/mol. The minimum Gasteiger partial charge on any atom is -0.478 e. The maximum absolute atomic E-state index is 14.1. The van der Waals surface area contributed by atoms with Crippen molar-refractivity contribution in [1.29, 1.82) is 0 Å². The van der Waals surface area contributed by atoms with E-state index in [0.29, 0.717) is 22.5 Å². The van der Waals surface area contributed by atoms with Gasteiger partial charge in [0.15, 0.2) is 0 Å². The van der Waals surface area contributed by atoms with Crippen LogP contribution in [0.2, 0.25) is 0 Å². The first-order valence-electron chi connectivity index (χ1n) is 7.82. The van der Waals surface area contributed by atoms with E-state index in [-0.39, 0.29) is 22.8 Å². The highest BCUT2D eigenvalue weighted by Gasteiger charge is 2.21. The van der Waals surface area contributed by atoms with Gasteiger partial charge < -0.3 is 20.3 Å². The lowest BCUT2D eigenvalue weighted by atomic mass is 10.0. The summed E-state index contributed by atoms with van der Waals surface area (Å²) in [6, 6.07) is 7.74. The fraction of sp³-hybridized carbons (Fsp3) is 0.167. The van der Waals surface area contributed by atoms with Crippen molar-refractivity contribution < 1.29 is 18.8 Å². The largest absolute Gasteiger partial charge is 0.478 e. The summed E-state index contributed by atoms with van der Waals surface area (Å²) in [6.07, 6.45) is 0. The molecule has 0 amide bonds. The van der Waals surface area contributed by atoms with E-state index in [1.54, 1.807) is 39.2 Å². The Hall–Kier alpha value is -3.42. The van der Waals surface area contributed by atoms with Gasteiger partial charge in [-0.25, -0.2) is 9.18 Å². The van der Waals surface area contributed by atoms with Gasteiger partial charge in [-0.05, 0) is 30.7 Å². The number of rotatable bonds is 5. The second-order valence-corrected chi connectivity index (χ2v) is 5.60. The van der Waals surface area contributed by atoms with E-state index >= 15 is 0 Å². The van der Waals surface area contributed by atoms with Gasteiger partial charge in [0.2, 0.25) is 5.82 Å². The zero-order valence-corrected chi connectivity index (χ0v) is 14.4. The first-order chi connectivity index (χ1) is 12.5. The molecule has 26 heavy (non-hydrogen) atoms. The van der Waals surface area contributed by atoms with E-state index in [4.69, 9.17) is 4.52 Å². The van der Waals surface area contributed by atoms with Gasteiger partial charge in [0.05, 0.1) is 16.8 Å². The second-order valence-electron chi connectivity index (χ2n) is 5.60. The molecule has 0 fully saturated rings. The van der Waals surface area contributed by atoms with Crippen molar-refractivity contribution >= 4 is 17.3 Å². The molecule has 0 unspecified atom stereocenters. The van der Waals surface area contributed by atoms with Crippen LogP contribution in [-0.4, -0.2) is 35.3 Å². The lowest BCUT2D eigenvalue weighted by Crippen LogP contribution is -2.05. The zero-order valence-electron chi connectivity index (χ0n) is 14.4. The molecule has 0 atom stereocenters. The van der Waals surface area contributed by atoms with Crippen molar-refractivity contribution in [2.45, 2.75) is 6.92 Å². The van der Waals surface area contributed by atoms with Gasteiger partial charge in [-0.1, -0.05) is 17.3 Å². The summed E-state index contributed by atoms with van der Waals surface area (Å²) < 4.78 is 19.4. The highest BCUT2D eigenvalue weighted by molar-refractivity contribution is 5.98.